The highest BCUT2D eigenvalue weighted by atomic mass is 16.6. The third-order valence-corrected chi connectivity index (χ3v) is 7.45. The van der Waals surface area contributed by atoms with Gasteiger partial charge in [0.05, 0.1) is 6.54 Å². The van der Waals surface area contributed by atoms with Gasteiger partial charge in [0.25, 0.3) is 5.91 Å². The molecule has 1 fully saturated rings. The molecule has 2 aliphatic rings. The van der Waals surface area contributed by atoms with Gasteiger partial charge in [0.15, 0.2) is 5.78 Å². The Morgan fingerprint density at radius 1 is 1.16 bits per heavy atom. The molecule has 1 atom stereocenters. The highest BCUT2D eigenvalue weighted by molar-refractivity contribution is 6.04. The summed E-state index contributed by atoms with van der Waals surface area (Å²) in [6, 6.07) is 3.81. The van der Waals surface area contributed by atoms with Crippen molar-refractivity contribution in [2.45, 2.75) is 91.3 Å². The smallest absolute Gasteiger partial charge is 0.306 e. The average molecular weight is 528 g/mol. The summed E-state index contributed by atoms with van der Waals surface area (Å²) in [6.45, 7) is 9.74. The van der Waals surface area contributed by atoms with Crippen molar-refractivity contribution in [1.29, 1.82) is 0 Å². The van der Waals surface area contributed by atoms with Crippen molar-refractivity contribution in [1.82, 2.24) is 9.80 Å². The van der Waals surface area contributed by atoms with E-state index >= 15 is 0 Å². The number of fused-ring (bicyclic) bond motifs is 1. The van der Waals surface area contributed by atoms with Crippen LogP contribution in [0.3, 0.4) is 0 Å². The molecule has 1 aromatic carbocycles. The molecule has 1 heterocycles. The van der Waals surface area contributed by atoms with Gasteiger partial charge in [-0.1, -0.05) is 19.9 Å². The summed E-state index contributed by atoms with van der Waals surface area (Å²) in [5, 5.41) is 0. The van der Waals surface area contributed by atoms with E-state index in [9.17, 15) is 24.0 Å². The fraction of sp³-hybridized carbons (Fsp3) is 0.621. The molecule has 208 valence electrons. The predicted octanol–water partition coefficient (Wildman–Crippen LogP) is 3.48. The van der Waals surface area contributed by atoms with Crippen molar-refractivity contribution >= 4 is 29.5 Å². The number of nitrogens with zero attached hydrogens (tertiary/aromatic N) is 2. The molecule has 1 aliphatic carbocycles. The van der Waals surface area contributed by atoms with Gasteiger partial charge in [0.1, 0.15) is 11.6 Å². The molecule has 2 N–H and O–H groups in total. The molecule has 0 aromatic heterocycles. The molecule has 0 bridgehead atoms. The largest absolute Gasteiger partial charge is 0.460 e. The third-order valence-electron chi connectivity index (χ3n) is 7.45. The lowest BCUT2D eigenvalue weighted by Gasteiger charge is -2.35. The second kappa shape index (κ2) is 11.3. The summed E-state index contributed by atoms with van der Waals surface area (Å²) in [6.07, 6.45) is 3.62. The van der Waals surface area contributed by atoms with E-state index in [1.807, 2.05) is 0 Å². The number of hydrogen-bond acceptors (Lipinski definition) is 6. The number of ether oxygens (including phenoxy) is 1. The summed E-state index contributed by atoms with van der Waals surface area (Å²) in [5.74, 6) is -1.85. The number of hydrogen-bond donors (Lipinski definition) is 1. The first-order chi connectivity index (χ1) is 17.6. The van der Waals surface area contributed by atoms with E-state index in [-0.39, 0.29) is 54.9 Å². The maximum Gasteiger partial charge on any atom is 0.306 e. The van der Waals surface area contributed by atoms with Gasteiger partial charge < -0.3 is 20.3 Å². The number of carbonyl (C=O) groups excluding carboxylic acids is 5. The maximum atomic E-state index is 13.0. The van der Waals surface area contributed by atoms with Crippen molar-refractivity contribution in [3.05, 3.63) is 34.9 Å². The van der Waals surface area contributed by atoms with E-state index < -0.39 is 23.5 Å². The standard InChI is InChI=1S/C29H41N3O6/c1-28(2,3)38-24(34)10-9-22(25(30)35)32-16-20-15-19(7-8-21(20)27(32)37)23(33)17-31(6)26(36)18-11-13-29(4,5)14-12-18/h7-8,15,18,22H,9-14,16-17H2,1-6H3,(H2,30,35). The Bertz CT molecular complexity index is 1110. The molecule has 0 spiro atoms. The van der Waals surface area contributed by atoms with Crippen LogP contribution in [0.2, 0.25) is 0 Å². The minimum absolute atomic E-state index is 0.00866. The van der Waals surface area contributed by atoms with Crippen LogP contribution >= 0.6 is 0 Å². The van der Waals surface area contributed by atoms with Crippen molar-refractivity contribution in [3.8, 4) is 0 Å². The number of esters is 1. The normalized spacial score (nSPS) is 18.1. The van der Waals surface area contributed by atoms with Crippen molar-refractivity contribution < 1.29 is 28.7 Å². The molecular weight excluding hydrogens is 486 g/mol. The maximum absolute atomic E-state index is 13.0. The molecule has 1 aliphatic heterocycles. The van der Waals surface area contributed by atoms with E-state index in [4.69, 9.17) is 10.5 Å². The van der Waals surface area contributed by atoms with Gasteiger partial charge in [-0.05, 0) is 76.0 Å². The number of Topliss-reactive ketones (excluding diaryl/α,β-unsaturated/α-hetero) is 1. The summed E-state index contributed by atoms with van der Waals surface area (Å²) >= 11 is 0. The Labute approximate surface area is 225 Å². The fourth-order valence-electron chi connectivity index (χ4n) is 5.21. The monoisotopic (exact) mass is 527 g/mol. The summed E-state index contributed by atoms with van der Waals surface area (Å²) in [4.78, 5) is 66.2. The number of amides is 3. The zero-order valence-corrected chi connectivity index (χ0v) is 23.5. The van der Waals surface area contributed by atoms with Crippen LogP contribution in [-0.2, 0) is 25.7 Å². The van der Waals surface area contributed by atoms with Crippen LogP contribution in [0.4, 0.5) is 0 Å². The van der Waals surface area contributed by atoms with Gasteiger partial charge in [-0.3, -0.25) is 24.0 Å². The molecule has 0 saturated heterocycles. The van der Waals surface area contributed by atoms with Crippen LogP contribution in [0.25, 0.3) is 0 Å². The Balaban J connectivity index is 1.64. The van der Waals surface area contributed by atoms with Crippen molar-refractivity contribution in [3.63, 3.8) is 0 Å². The average Bonchev–Trinajstić information content (AvgIpc) is 3.12. The highest BCUT2D eigenvalue weighted by Gasteiger charge is 2.37. The number of rotatable bonds is 9. The number of nitrogens with two attached hydrogens (primary N) is 1. The van der Waals surface area contributed by atoms with Gasteiger partial charge in [-0.25, -0.2) is 0 Å². The zero-order valence-electron chi connectivity index (χ0n) is 23.5. The lowest BCUT2D eigenvalue weighted by atomic mass is 9.73. The van der Waals surface area contributed by atoms with Gasteiger partial charge in [-0.15, -0.1) is 0 Å². The molecule has 1 unspecified atom stereocenters. The molecule has 3 amide bonds. The lowest BCUT2D eigenvalue weighted by Crippen LogP contribution is -2.45. The molecule has 1 saturated carbocycles. The van der Waals surface area contributed by atoms with Crippen molar-refractivity contribution in [2.75, 3.05) is 13.6 Å². The zero-order chi connectivity index (χ0) is 28.4. The second-order valence-corrected chi connectivity index (χ2v) is 12.4. The Morgan fingerprint density at radius 2 is 1.79 bits per heavy atom. The summed E-state index contributed by atoms with van der Waals surface area (Å²) in [5.41, 5.74) is 6.57. The number of benzene rings is 1. The summed E-state index contributed by atoms with van der Waals surface area (Å²) < 4.78 is 5.30. The number of carbonyl (C=O) groups is 5. The number of ketones is 1. The minimum Gasteiger partial charge on any atom is -0.460 e. The SMILES string of the molecule is CN(CC(=O)c1ccc2c(c1)CN(C(CCC(=O)OC(C)(C)C)C(N)=O)C2=O)C(=O)C1CCC(C)(C)CC1. The predicted molar refractivity (Wildman–Crippen MR) is 142 cm³/mol. The third kappa shape index (κ3) is 7.20. The van der Waals surface area contributed by atoms with Gasteiger partial charge in [0.2, 0.25) is 11.8 Å². The molecule has 1 aromatic rings. The molecule has 9 nitrogen and oxygen atoms in total. The molecular formula is C29H41N3O6. The quantitative estimate of drug-likeness (QED) is 0.387. The number of primary amides is 1. The topological polar surface area (TPSA) is 127 Å². The first-order valence-corrected chi connectivity index (χ1v) is 13.3. The van der Waals surface area contributed by atoms with Crippen LogP contribution in [0.1, 0.15) is 99.4 Å². The van der Waals surface area contributed by atoms with E-state index in [2.05, 4.69) is 13.8 Å². The second-order valence-electron chi connectivity index (χ2n) is 12.4. The lowest BCUT2D eigenvalue weighted by molar-refractivity contribution is -0.155. The van der Waals surface area contributed by atoms with Crippen LogP contribution in [0.5, 0.6) is 0 Å². The van der Waals surface area contributed by atoms with Gasteiger partial charge in [0, 0.05) is 37.1 Å². The van der Waals surface area contributed by atoms with E-state index in [1.165, 1.54) is 9.80 Å². The van der Waals surface area contributed by atoms with E-state index in [0.29, 0.717) is 16.7 Å². The molecule has 9 heteroatoms. The molecule has 3 rings (SSSR count). The first kappa shape index (κ1) is 29.3. The van der Waals surface area contributed by atoms with Gasteiger partial charge in [-0.2, -0.15) is 0 Å². The highest BCUT2D eigenvalue weighted by Crippen LogP contribution is 2.38. The van der Waals surface area contributed by atoms with Crippen LogP contribution in [0.15, 0.2) is 18.2 Å². The number of likely N-dealkylation sites (N-methyl/N-ethyl adjacent to an activating group) is 1. The molecule has 38 heavy (non-hydrogen) atoms. The van der Waals surface area contributed by atoms with E-state index in [0.717, 1.165) is 25.7 Å². The molecule has 0 radical (unpaired) electrons. The fourth-order valence-corrected chi connectivity index (χ4v) is 5.21. The first-order valence-electron chi connectivity index (χ1n) is 13.3. The Kier molecular flexibility index (Phi) is 8.68. The Hall–Kier alpha value is -3.23. The van der Waals surface area contributed by atoms with Crippen LogP contribution in [-0.4, -0.2) is 64.5 Å². The van der Waals surface area contributed by atoms with E-state index in [1.54, 1.807) is 46.0 Å². The van der Waals surface area contributed by atoms with Crippen LogP contribution < -0.4 is 5.73 Å². The minimum atomic E-state index is -0.981. The summed E-state index contributed by atoms with van der Waals surface area (Å²) in [7, 11) is 1.65. The van der Waals surface area contributed by atoms with Gasteiger partial charge >= 0.3 is 5.97 Å². The van der Waals surface area contributed by atoms with Crippen molar-refractivity contribution in [2.24, 2.45) is 17.1 Å². The Morgan fingerprint density at radius 3 is 2.37 bits per heavy atom. The van der Waals surface area contributed by atoms with Crippen LogP contribution in [0, 0.1) is 11.3 Å².